The summed E-state index contributed by atoms with van der Waals surface area (Å²) < 4.78 is 78.7. The van der Waals surface area contributed by atoms with Gasteiger partial charge in [0.25, 0.3) is 15.9 Å². The number of fused-ring (bicyclic) bond motifs is 1. The SMILES string of the molecule is Cc1cc(C)c(S(=O)(=O)Nc2ccc(Oc3ccc4cc(C(=O)N5CCN(Cc6ccc(OCC(F)(F)F)cc6)CC5)n(C)c4c3)nc2)c(C)c1.Cl. The Bertz CT molecular complexity index is 2140. The minimum absolute atomic E-state index is 0. The molecule has 0 spiro atoms. The van der Waals surface area contributed by atoms with Crippen LogP contribution in [0.4, 0.5) is 18.9 Å². The molecule has 3 aromatic carbocycles. The second kappa shape index (κ2) is 15.4. The molecule has 1 aliphatic rings. The number of amides is 1. The van der Waals surface area contributed by atoms with Crippen LogP contribution in [0.1, 0.15) is 32.7 Å². The first kappa shape index (κ1) is 38.4. The second-order valence-electron chi connectivity index (χ2n) is 12.7. The van der Waals surface area contributed by atoms with Gasteiger partial charge in [-0.2, -0.15) is 13.2 Å². The van der Waals surface area contributed by atoms with E-state index in [2.05, 4.69) is 14.6 Å². The van der Waals surface area contributed by atoms with Crippen molar-refractivity contribution >= 4 is 44.9 Å². The van der Waals surface area contributed by atoms with Crippen LogP contribution < -0.4 is 14.2 Å². The van der Waals surface area contributed by atoms with E-state index in [4.69, 9.17) is 9.47 Å². The van der Waals surface area contributed by atoms with Crippen molar-refractivity contribution in [3.05, 3.63) is 107 Å². The van der Waals surface area contributed by atoms with Gasteiger partial charge in [0.15, 0.2) is 6.61 Å². The van der Waals surface area contributed by atoms with Crippen LogP contribution in [-0.4, -0.2) is 72.6 Å². The molecule has 1 fully saturated rings. The number of anilines is 1. The third-order valence-electron chi connectivity index (χ3n) is 8.71. The van der Waals surface area contributed by atoms with Crippen LogP contribution in [0, 0.1) is 20.8 Å². The highest BCUT2D eigenvalue weighted by atomic mass is 35.5. The Hall–Kier alpha value is -4.79. The van der Waals surface area contributed by atoms with Gasteiger partial charge in [-0.15, -0.1) is 12.4 Å². The summed E-state index contributed by atoms with van der Waals surface area (Å²) in [5, 5.41) is 0.869. The second-order valence-corrected chi connectivity index (χ2v) is 14.4. The van der Waals surface area contributed by atoms with Gasteiger partial charge < -0.3 is 18.9 Å². The van der Waals surface area contributed by atoms with Gasteiger partial charge in [-0.05, 0) is 73.9 Å². The van der Waals surface area contributed by atoms with E-state index >= 15 is 0 Å². The first-order valence-corrected chi connectivity index (χ1v) is 17.8. The Kier molecular flexibility index (Phi) is 11.4. The van der Waals surface area contributed by atoms with Crippen LogP contribution >= 0.6 is 12.4 Å². The summed E-state index contributed by atoms with van der Waals surface area (Å²) in [4.78, 5) is 22.1. The quantitative estimate of drug-likeness (QED) is 0.158. The summed E-state index contributed by atoms with van der Waals surface area (Å²) in [6.45, 7) is 7.11. The number of nitrogens with zero attached hydrogens (tertiary/aromatic N) is 4. The maximum Gasteiger partial charge on any atom is 0.422 e. The standard InChI is InChI=1S/C37H38F3N5O5S.ClH/c1-24-17-25(2)35(26(3)18-24)51(47,48)42-29-8-12-34(41-21-29)50-31-11-7-28-19-33(43(4)32(28)20-31)36(46)45-15-13-44(14-16-45)22-27-5-9-30(10-6-27)49-23-37(38,39)40;/h5-12,17-21,42H,13-16,22-23H2,1-4H3;1H. The van der Waals surface area contributed by atoms with Crippen molar-refractivity contribution in [3.63, 3.8) is 0 Å². The predicted octanol–water partition coefficient (Wildman–Crippen LogP) is 7.41. The summed E-state index contributed by atoms with van der Waals surface area (Å²) in [7, 11) is -2.00. The van der Waals surface area contributed by atoms with E-state index in [1.165, 1.54) is 18.3 Å². The van der Waals surface area contributed by atoms with E-state index in [1.54, 1.807) is 44.2 Å². The summed E-state index contributed by atoms with van der Waals surface area (Å²) in [6, 6.07) is 20.7. The van der Waals surface area contributed by atoms with Crippen molar-refractivity contribution < 1.29 is 35.9 Å². The van der Waals surface area contributed by atoms with Crippen molar-refractivity contribution in [2.75, 3.05) is 37.5 Å². The monoisotopic (exact) mass is 757 g/mol. The van der Waals surface area contributed by atoms with Crippen LogP contribution in [0.15, 0.2) is 83.9 Å². The van der Waals surface area contributed by atoms with E-state index in [0.29, 0.717) is 61.0 Å². The van der Waals surface area contributed by atoms with Gasteiger partial charge in [0, 0.05) is 57.3 Å². The lowest BCUT2D eigenvalue weighted by Gasteiger charge is -2.34. The molecule has 0 unspecified atom stereocenters. The predicted molar refractivity (Wildman–Crippen MR) is 195 cm³/mol. The summed E-state index contributed by atoms with van der Waals surface area (Å²) in [5.74, 6) is 0.854. The van der Waals surface area contributed by atoms with E-state index in [0.717, 1.165) is 22.0 Å². The Labute approximate surface area is 306 Å². The lowest BCUT2D eigenvalue weighted by Crippen LogP contribution is -2.48. The largest absolute Gasteiger partial charge is 0.484 e. The fraction of sp³-hybridized carbons (Fsp3) is 0.297. The molecule has 1 aliphatic heterocycles. The van der Waals surface area contributed by atoms with Crippen molar-refractivity contribution in [1.82, 2.24) is 19.4 Å². The average molecular weight is 758 g/mol. The van der Waals surface area contributed by atoms with Crippen LogP contribution in [0.5, 0.6) is 17.4 Å². The number of rotatable bonds is 10. The molecule has 0 radical (unpaired) electrons. The molecule has 0 bridgehead atoms. The van der Waals surface area contributed by atoms with Crippen LogP contribution in [0.25, 0.3) is 10.9 Å². The molecule has 0 aliphatic carbocycles. The number of carbonyl (C=O) groups excluding carboxylic acids is 1. The van der Waals surface area contributed by atoms with Gasteiger partial charge in [-0.3, -0.25) is 14.4 Å². The molecule has 52 heavy (non-hydrogen) atoms. The number of carbonyl (C=O) groups is 1. The van der Waals surface area contributed by atoms with Crippen LogP contribution in [0.2, 0.25) is 0 Å². The number of nitrogens with one attached hydrogen (secondary N) is 1. The Morgan fingerprint density at radius 2 is 1.54 bits per heavy atom. The normalized spacial score (nSPS) is 13.9. The molecule has 1 N–H and O–H groups in total. The number of aryl methyl sites for hydroxylation is 4. The van der Waals surface area contributed by atoms with E-state index in [9.17, 15) is 26.4 Å². The average Bonchev–Trinajstić information content (AvgIpc) is 3.39. The lowest BCUT2D eigenvalue weighted by molar-refractivity contribution is -0.153. The highest BCUT2D eigenvalue weighted by Crippen LogP contribution is 2.29. The molecule has 3 heterocycles. The molecule has 1 amide bonds. The number of piperazine rings is 1. The smallest absolute Gasteiger partial charge is 0.422 e. The number of aromatic nitrogens is 2. The number of sulfonamides is 1. The van der Waals surface area contributed by atoms with E-state index in [1.807, 2.05) is 53.8 Å². The number of benzene rings is 3. The molecule has 276 valence electrons. The number of pyridine rings is 1. The molecule has 5 aromatic rings. The molecule has 2 aromatic heterocycles. The Balaban J connectivity index is 0.00000523. The van der Waals surface area contributed by atoms with Gasteiger partial charge in [0.2, 0.25) is 5.88 Å². The van der Waals surface area contributed by atoms with Gasteiger partial charge in [0.1, 0.15) is 17.2 Å². The highest BCUT2D eigenvalue weighted by Gasteiger charge is 2.29. The van der Waals surface area contributed by atoms with Gasteiger partial charge in [-0.25, -0.2) is 13.4 Å². The maximum atomic E-state index is 13.6. The minimum atomic E-state index is -4.39. The number of ether oxygens (including phenoxy) is 2. The molecular formula is C37H39ClF3N5O5S. The lowest BCUT2D eigenvalue weighted by atomic mass is 10.1. The summed E-state index contributed by atoms with van der Waals surface area (Å²) in [6.07, 6.45) is -2.99. The van der Waals surface area contributed by atoms with Gasteiger partial charge >= 0.3 is 6.18 Å². The Morgan fingerprint density at radius 3 is 2.15 bits per heavy atom. The third kappa shape index (κ3) is 8.98. The van der Waals surface area contributed by atoms with Crippen molar-refractivity contribution in [1.29, 1.82) is 0 Å². The molecule has 15 heteroatoms. The molecule has 1 saturated heterocycles. The summed E-state index contributed by atoms with van der Waals surface area (Å²) >= 11 is 0. The first-order chi connectivity index (χ1) is 24.1. The molecule has 6 rings (SSSR count). The zero-order valence-electron chi connectivity index (χ0n) is 29.0. The molecule has 0 atom stereocenters. The van der Waals surface area contributed by atoms with Gasteiger partial charge in [0.05, 0.1) is 22.3 Å². The molecule has 0 saturated carbocycles. The molecule has 10 nitrogen and oxygen atoms in total. The number of alkyl halides is 3. The fourth-order valence-electron chi connectivity index (χ4n) is 6.38. The Morgan fingerprint density at radius 1 is 0.885 bits per heavy atom. The zero-order chi connectivity index (χ0) is 36.5. The zero-order valence-corrected chi connectivity index (χ0v) is 30.7. The van der Waals surface area contributed by atoms with Gasteiger partial charge in [-0.1, -0.05) is 29.8 Å². The van der Waals surface area contributed by atoms with Crippen molar-refractivity contribution in [2.24, 2.45) is 7.05 Å². The fourth-order valence-corrected chi connectivity index (χ4v) is 7.88. The number of halogens is 4. The molecular weight excluding hydrogens is 719 g/mol. The van der Waals surface area contributed by atoms with Crippen molar-refractivity contribution in [3.8, 4) is 17.4 Å². The highest BCUT2D eigenvalue weighted by molar-refractivity contribution is 7.92. The van der Waals surface area contributed by atoms with E-state index in [-0.39, 0.29) is 34.8 Å². The number of hydrogen-bond donors (Lipinski definition) is 1. The maximum absolute atomic E-state index is 13.6. The minimum Gasteiger partial charge on any atom is -0.484 e. The van der Waals surface area contributed by atoms with E-state index < -0.39 is 22.8 Å². The third-order valence-corrected chi connectivity index (χ3v) is 10.4. The first-order valence-electron chi connectivity index (χ1n) is 16.3. The van der Waals surface area contributed by atoms with Crippen LogP contribution in [-0.2, 0) is 23.6 Å². The number of hydrogen-bond acceptors (Lipinski definition) is 7. The summed E-state index contributed by atoms with van der Waals surface area (Å²) in [5.41, 5.74) is 4.90. The van der Waals surface area contributed by atoms with Crippen molar-refractivity contribution in [2.45, 2.75) is 38.4 Å². The topological polar surface area (TPSA) is 106 Å². The van der Waals surface area contributed by atoms with Crippen LogP contribution in [0.3, 0.4) is 0 Å².